The quantitative estimate of drug-likeness (QED) is 0.475. The molecule has 0 bridgehead atoms. The Balaban J connectivity index is 1.42. The van der Waals surface area contributed by atoms with Crippen molar-refractivity contribution in [3.05, 3.63) is 101 Å². The molecule has 5 nitrogen and oxygen atoms in total. The predicted octanol–water partition coefficient (Wildman–Crippen LogP) is 5.61. The van der Waals surface area contributed by atoms with E-state index in [1.165, 1.54) is 12.1 Å². The van der Waals surface area contributed by atoms with E-state index in [1.54, 1.807) is 29.2 Å². The molecule has 2 amide bonds. The van der Waals surface area contributed by atoms with Crippen molar-refractivity contribution in [1.29, 1.82) is 0 Å². The van der Waals surface area contributed by atoms with Gasteiger partial charge in [0.2, 0.25) is 0 Å². The van der Waals surface area contributed by atoms with Crippen LogP contribution in [0.1, 0.15) is 56.9 Å². The van der Waals surface area contributed by atoms with Crippen LogP contribution in [-0.2, 0) is 12.7 Å². The van der Waals surface area contributed by atoms with Crippen LogP contribution in [0.15, 0.2) is 72.8 Å². The standard InChI is InChI=1S/C26H24F3N3O2/c1-2-14-32-23(21-8-3-4-9-22(21)25(32)34)31-20-12-10-18(11-13-20)24(33)30-16-17-6-5-7-19(15-17)26(27,28)29/h3-13,15,23,31H,2,14,16H2,1H3,(H,30,33). The highest BCUT2D eigenvalue weighted by Gasteiger charge is 2.35. The smallest absolute Gasteiger partial charge is 0.361 e. The van der Waals surface area contributed by atoms with Gasteiger partial charge in [0.05, 0.1) is 5.56 Å². The van der Waals surface area contributed by atoms with Crippen molar-refractivity contribution in [2.75, 3.05) is 11.9 Å². The number of halogens is 3. The van der Waals surface area contributed by atoms with Crippen LogP contribution < -0.4 is 10.6 Å². The molecule has 1 aliphatic heterocycles. The summed E-state index contributed by atoms with van der Waals surface area (Å²) in [6.45, 7) is 2.61. The molecular weight excluding hydrogens is 443 g/mol. The number of benzene rings is 3. The Bertz CT molecular complexity index is 1190. The topological polar surface area (TPSA) is 61.4 Å². The number of nitrogens with one attached hydrogen (secondary N) is 2. The van der Waals surface area contributed by atoms with E-state index < -0.39 is 17.6 Å². The van der Waals surface area contributed by atoms with Gasteiger partial charge in [-0.2, -0.15) is 13.2 Å². The highest BCUT2D eigenvalue weighted by molar-refractivity contribution is 5.99. The Morgan fingerprint density at radius 3 is 2.44 bits per heavy atom. The summed E-state index contributed by atoms with van der Waals surface area (Å²) < 4.78 is 38.6. The number of nitrogens with zero attached hydrogens (tertiary/aromatic N) is 1. The van der Waals surface area contributed by atoms with Gasteiger partial charge in [0.25, 0.3) is 11.8 Å². The fraction of sp³-hybridized carbons (Fsp3) is 0.231. The minimum Gasteiger partial charge on any atom is -0.361 e. The van der Waals surface area contributed by atoms with Crippen molar-refractivity contribution >= 4 is 17.5 Å². The third-order valence-electron chi connectivity index (χ3n) is 5.68. The minimum absolute atomic E-state index is 0.0134. The van der Waals surface area contributed by atoms with E-state index in [0.29, 0.717) is 23.2 Å². The molecule has 2 N–H and O–H groups in total. The van der Waals surface area contributed by atoms with E-state index in [0.717, 1.165) is 29.8 Å². The lowest BCUT2D eigenvalue weighted by atomic mass is 10.1. The van der Waals surface area contributed by atoms with Crippen LogP contribution in [0.4, 0.5) is 18.9 Å². The van der Waals surface area contributed by atoms with Gasteiger partial charge in [0.1, 0.15) is 6.17 Å². The monoisotopic (exact) mass is 467 g/mol. The van der Waals surface area contributed by atoms with Gasteiger partial charge >= 0.3 is 6.18 Å². The summed E-state index contributed by atoms with van der Waals surface area (Å²) in [7, 11) is 0. The Morgan fingerprint density at radius 2 is 1.74 bits per heavy atom. The maximum absolute atomic E-state index is 12.9. The molecule has 0 aliphatic carbocycles. The summed E-state index contributed by atoms with van der Waals surface area (Å²) in [5.74, 6) is -0.404. The number of anilines is 1. The molecule has 4 rings (SSSR count). The van der Waals surface area contributed by atoms with E-state index >= 15 is 0 Å². The van der Waals surface area contributed by atoms with Gasteiger partial charge < -0.3 is 15.5 Å². The third kappa shape index (κ3) is 4.90. The van der Waals surface area contributed by atoms with Gasteiger partial charge in [-0.1, -0.05) is 37.3 Å². The Kier molecular flexibility index (Phi) is 6.58. The number of rotatable bonds is 7. The van der Waals surface area contributed by atoms with Crippen molar-refractivity contribution in [3.8, 4) is 0 Å². The molecule has 0 saturated carbocycles. The summed E-state index contributed by atoms with van der Waals surface area (Å²) in [6.07, 6.45) is -3.91. The molecule has 3 aromatic rings. The van der Waals surface area contributed by atoms with Gasteiger partial charge in [-0.15, -0.1) is 0 Å². The summed E-state index contributed by atoms with van der Waals surface area (Å²) in [5, 5.41) is 6.02. The van der Waals surface area contributed by atoms with Gasteiger partial charge in [0.15, 0.2) is 0 Å². The lowest BCUT2D eigenvalue weighted by Gasteiger charge is -2.26. The third-order valence-corrected chi connectivity index (χ3v) is 5.68. The van der Waals surface area contributed by atoms with E-state index in [9.17, 15) is 22.8 Å². The predicted molar refractivity (Wildman–Crippen MR) is 123 cm³/mol. The second-order valence-electron chi connectivity index (χ2n) is 8.09. The van der Waals surface area contributed by atoms with Crippen LogP contribution in [0.5, 0.6) is 0 Å². The molecule has 8 heteroatoms. The molecule has 1 heterocycles. The van der Waals surface area contributed by atoms with Crippen LogP contribution in [0, 0.1) is 0 Å². The number of fused-ring (bicyclic) bond motifs is 1. The van der Waals surface area contributed by atoms with Crippen molar-refractivity contribution in [1.82, 2.24) is 10.2 Å². The van der Waals surface area contributed by atoms with E-state index in [2.05, 4.69) is 10.6 Å². The average Bonchev–Trinajstić information content (AvgIpc) is 3.09. The lowest BCUT2D eigenvalue weighted by Crippen LogP contribution is -2.33. The molecule has 1 unspecified atom stereocenters. The summed E-state index contributed by atoms with van der Waals surface area (Å²) >= 11 is 0. The van der Waals surface area contributed by atoms with Crippen LogP contribution >= 0.6 is 0 Å². The fourth-order valence-corrected chi connectivity index (χ4v) is 4.02. The molecule has 0 radical (unpaired) electrons. The second-order valence-corrected chi connectivity index (χ2v) is 8.09. The number of hydrogen-bond acceptors (Lipinski definition) is 3. The molecule has 0 fully saturated rings. The highest BCUT2D eigenvalue weighted by Crippen LogP contribution is 2.34. The van der Waals surface area contributed by atoms with Gasteiger partial charge in [-0.3, -0.25) is 9.59 Å². The molecule has 3 aromatic carbocycles. The number of hydrogen-bond donors (Lipinski definition) is 2. The molecule has 176 valence electrons. The second kappa shape index (κ2) is 9.59. The van der Waals surface area contributed by atoms with Crippen LogP contribution in [0.25, 0.3) is 0 Å². The number of carbonyl (C=O) groups excluding carboxylic acids is 2. The van der Waals surface area contributed by atoms with Gasteiger partial charge in [-0.05, 0) is 54.4 Å². The van der Waals surface area contributed by atoms with E-state index in [4.69, 9.17) is 0 Å². The van der Waals surface area contributed by atoms with Crippen molar-refractivity contribution < 1.29 is 22.8 Å². The zero-order valence-electron chi connectivity index (χ0n) is 18.5. The zero-order chi connectivity index (χ0) is 24.3. The van der Waals surface area contributed by atoms with Crippen LogP contribution in [0.3, 0.4) is 0 Å². The normalized spacial score (nSPS) is 15.2. The molecule has 1 atom stereocenters. The first-order chi connectivity index (χ1) is 16.3. The molecule has 0 aromatic heterocycles. The molecule has 0 saturated heterocycles. The van der Waals surface area contributed by atoms with Crippen LogP contribution in [-0.4, -0.2) is 23.3 Å². The Labute approximate surface area is 195 Å². The zero-order valence-corrected chi connectivity index (χ0v) is 18.5. The van der Waals surface area contributed by atoms with Gasteiger partial charge in [0, 0.05) is 35.5 Å². The first kappa shape index (κ1) is 23.4. The Hall–Kier alpha value is -3.81. The SMILES string of the molecule is CCCN1C(=O)c2ccccc2C1Nc1ccc(C(=O)NCc2cccc(C(F)(F)F)c2)cc1. The average molecular weight is 467 g/mol. The minimum atomic E-state index is -4.43. The fourth-order valence-electron chi connectivity index (χ4n) is 4.02. The Morgan fingerprint density at radius 1 is 1.00 bits per heavy atom. The number of carbonyl (C=O) groups is 2. The molecular formula is C26H24F3N3O2. The van der Waals surface area contributed by atoms with Crippen LogP contribution in [0.2, 0.25) is 0 Å². The summed E-state index contributed by atoms with van der Waals surface area (Å²) in [5.41, 5.74) is 2.32. The number of amides is 2. The van der Waals surface area contributed by atoms with Crippen molar-refractivity contribution in [2.24, 2.45) is 0 Å². The van der Waals surface area contributed by atoms with Crippen molar-refractivity contribution in [2.45, 2.75) is 32.2 Å². The highest BCUT2D eigenvalue weighted by atomic mass is 19.4. The molecule has 34 heavy (non-hydrogen) atoms. The van der Waals surface area contributed by atoms with E-state index in [-0.39, 0.29) is 18.6 Å². The molecule has 0 spiro atoms. The van der Waals surface area contributed by atoms with Gasteiger partial charge in [-0.25, -0.2) is 0 Å². The number of alkyl halides is 3. The lowest BCUT2D eigenvalue weighted by molar-refractivity contribution is -0.137. The first-order valence-electron chi connectivity index (χ1n) is 11.0. The van der Waals surface area contributed by atoms with Crippen molar-refractivity contribution in [3.63, 3.8) is 0 Å². The maximum atomic E-state index is 12.9. The van der Waals surface area contributed by atoms with E-state index in [1.807, 2.05) is 31.2 Å². The summed E-state index contributed by atoms with van der Waals surface area (Å²) in [4.78, 5) is 27.1. The first-order valence-corrected chi connectivity index (χ1v) is 11.0. The molecule has 1 aliphatic rings. The maximum Gasteiger partial charge on any atom is 0.416 e. The summed E-state index contributed by atoms with van der Waals surface area (Å²) in [6, 6.07) is 19.1. The largest absolute Gasteiger partial charge is 0.416 e.